The second kappa shape index (κ2) is 4.81. The quantitative estimate of drug-likeness (QED) is 0.617. The number of rotatable bonds is 4. The number of carboxylic acid groups (broad SMARTS) is 2. The van der Waals surface area contributed by atoms with Gasteiger partial charge in [0, 0.05) is 5.39 Å². The molecule has 0 saturated heterocycles. The summed E-state index contributed by atoms with van der Waals surface area (Å²) in [5.41, 5.74) is -0.645. The molecular weight excluding hydrogens is 256 g/mol. The fourth-order valence-electron chi connectivity index (χ4n) is 1.46. The number of carbonyl (C=O) groups is 2. The van der Waals surface area contributed by atoms with Gasteiger partial charge in [-0.1, -0.05) is 18.2 Å². The fraction of sp³-hybridized carbons (Fsp3) is 0.0833. The van der Waals surface area contributed by atoms with Gasteiger partial charge in [-0.2, -0.15) is 0 Å². The number of benzene rings is 1. The van der Waals surface area contributed by atoms with Gasteiger partial charge in [0.05, 0.1) is 0 Å². The van der Waals surface area contributed by atoms with Crippen molar-refractivity contribution in [3.05, 3.63) is 40.8 Å². The molecule has 0 amide bonds. The van der Waals surface area contributed by atoms with Crippen LogP contribution in [0, 0.1) is 0 Å². The van der Waals surface area contributed by atoms with Crippen molar-refractivity contribution < 1.29 is 29.0 Å². The first-order valence-electron chi connectivity index (χ1n) is 5.14. The zero-order valence-corrected chi connectivity index (χ0v) is 9.40. The highest BCUT2D eigenvalue weighted by atomic mass is 16.5. The Hall–Kier alpha value is -2.83. The lowest BCUT2D eigenvalue weighted by Crippen LogP contribution is -2.36. The maximum Gasteiger partial charge on any atom is 0.379 e. The number of aliphatic carboxylic acids is 2. The molecular formula is C12H8O7. The largest absolute Gasteiger partial charge is 0.478 e. The van der Waals surface area contributed by atoms with E-state index in [9.17, 15) is 14.4 Å². The molecule has 2 N–H and O–H groups in total. The molecule has 7 heteroatoms. The summed E-state index contributed by atoms with van der Waals surface area (Å²) in [6, 6.07) is 7.73. The fourth-order valence-corrected chi connectivity index (χ4v) is 1.46. The minimum Gasteiger partial charge on any atom is -0.478 e. The summed E-state index contributed by atoms with van der Waals surface area (Å²) < 4.78 is 9.56. The van der Waals surface area contributed by atoms with Crippen molar-refractivity contribution >= 4 is 22.9 Å². The van der Waals surface area contributed by atoms with Gasteiger partial charge < -0.3 is 19.4 Å². The second-order valence-electron chi connectivity index (χ2n) is 3.61. The monoisotopic (exact) mass is 264 g/mol. The van der Waals surface area contributed by atoms with Gasteiger partial charge in [0.2, 0.25) is 5.75 Å². The molecule has 19 heavy (non-hydrogen) atoms. The predicted molar refractivity (Wildman–Crippen MR) is 62.2 cm³/mol. The molecule has 0 aliphatic carbocycles. The second-order valence-corrected chi connectivity index (χ2v) is 3.61. The Morgan fingerprint density at radius 2 is 1.79 bits per heavy atom. The lowest BCUT2D eigenvalue weighted by Gasteiger charge is -2.09. The summed E-state index contributed by atoms with van der Waals surface area (Å²) in [5.74, 6) is -3.88. The number of para-hydroxylation sites is 1. The molecule has 2 aromatic rings. The van der Waals surface area contributed by atoms with Crippen molar-refractivity contribution in [2.75, 3.05) is 0 Å². The Bertz CT molecular complexity index is 687. The topological polar surface area (TPSA) is 114 Å². The summed E-state index contributed by atoms with van der Waals surface area (Å²) in [6.07, 6.45) is -2.16. The third-order valence-electron chi connectivity index (χ3n) is 2.30. The lowest BCUT2D eigenvalue weighted by atomic mass is 10.2. The average molecular weight is 264 g/mol. The van der Waals surface area contributed by atoms with E-state index in [2.05, 4.69) is 4.74 Å². The minimum atomic E-state index is -2.16. The van der Waals surface area contributed by atoms with Gasteiger partial charge >= 0.3 is 17.6 Å². The zero-order chi connectivity index (χ0) is 14.0. The third-order valence-corrected chi connectivity index (χ3v) is 2.30. The molecule has 0 fully saturated rings. The first kappa shape index (κ1) is 12.6. The number of carboxylic acids is 2. The van der Waals surface area contributed by atoms with Gasteiger partial charge in [-0.25, -0.2) is 14.4 Å². The minimum absolute atomic E-state index is 0.294. The van der Waals surface area contributed by atoms with E-state index >= 15 is 0 Å². The van der Waals surface area contributed by atoms with E-state index in [-0.39, 0.29) is 0 Å². The smallest absolute Gasteiger partial charge is 0.379 e. The molecule has 1 heterocycles. The molecule has 0 aliphatic rings. The Balaban J connectivity index is 2.45. The van der Waals surface area contributed by atoms with Crippen LogP contribution in [0.1, 0.15) is 0 Å². The Labute approximate surface area is 105 Å². The van der Waals surface area contributed by atoms with Crippen LogP contribution in [0.4, 0.5) is 0 Å². The van der Waals surface area contributed by atoms with Crippen molar-refractivity contribution in [2.45, 2.75) is 6.10 Å². The summed E-state index contributed by atoms with van der Waals surface area (Å²) in [7, 11) is 0. The number of hydrogen-bond acceptors (Lipinski definition) is 5. The highest BCUT2D eigenvalue weighted by Gasteiger charge is 2.29. The van der Waals surface area contributed by atoms with Crippen LogP contribution in [0.3, 0.4) is 0 Å². The zero-order valence-electron chi connectivity index (χ0n) is 9.40. The molecule has 0 aliphatic heterocycles. The van der Waals surface area contributed by atoms with E-state index in [0.717, 1.165) is 0 Å². The predicted octanol–water partition coefficient (Wildman–Crippen LogP) is 0.710. The van der Waals surface area contributed by atoms with Crippen LogP contribution in [0.25, 0.3) is 11.0 Å². The molecule has 7 nitrogen and oxygen atoms in total. The van der Waals surface area contributed by atoms with Crippen LogP contribution >= 0.6 is 0 Å². The van der Waals surface area contributed by atoms with Gasteiger partial charge in [0.15, 0.2) is 0 Å². The van der Waals surface area contributed by atoms with Crippen LogP contribution in [-0.2, 0) is 9.59 Å². The van der Waals surface area contributed by atoms with Gasteiger partial charge in [-0.15, -0.1) is 0 Å². The number of fused-ring (bicyclic) bond motifs is 1. The van der Waals surface area contributed by atoms with Gasteiger partial charge in [0.1, 0.15) is 5.58 Å². The summed E-state index contributed by atoms with van der Waals surface area (Å²) >= 11 is 0. The molecule has 0 radical (unpaired) electrons. The Kier molecular flexibility index (Phi) is 3.19. The lowest BCUT2D eigenvalue weighted by molar-refractivity contribution is -0.159. The average Bonchev–Trinajstić information content (AvgIpc) is 2.35. The maximum atomic E-state index is 11.5. The van der Waals surface area contributed by atoms with E-state index in [4.69, 9.17) is 14.6 Å². The number of hydrogen-bond donors (Lipinski definition) is 2. The molecule has 0 atom stereocenters. The third kappa shape index (κ3) is 2.54. The first-order valence-corrected chi connectivity index (χ1v) is 5.14. The standard InChI is InChI=1S/C12H8O7/c13-10(14)9(11(15)16)18-8-5-6-3-1-2-4-7(6)19-12(8)17/h1-5,9H,(H,13,14)(H,15,16). The highest BCUT2D eigenvalue weighted by molar-refractivity contribution is 5.96. The molecule has 0 saturated carbocycles. The SMILES string of the molecule is O=C(O)C(Oc1cc2ccccc2oc1=O)C(=O)O. The number of ether oxygens (including phenoxy) is 1. The van der Waals surface area contributed by atoms with Crippen molar-refractivity contribution in [3.8, 4) is 5.75 Å². The summed E-state index contributed by atoms with van der Waals surface area (Å²) in [6.45, 7) is 0. The van der Waals surface area contributed by atoms with Crippen LogP contribution in [0.15, 0.2) is 39.5 Å². The molecule has 0 spiro atoms. The molecule has 2 rings (SSSR count). The van der Waals surface area contributed by atoms with E-state index in [1.165, 1.54) is 6.07 Å². The molecule has 1 aromatic heterocycles. The molecule has 0 bridgehead atoms. The van der Waals surface area contributed by atoms with Crippen molar-refractivity contribution in [2.24, 2.45) is 0 Å². The van der Waals surface area contributed by atoms with E-state index in [1.807, 2.05) is 0 Å². The molecule has 98 valence electrons. The van der Waals surface area contributed by atoms with Gasteiger partial charge in [-0.3, -0.25) is 0 Å². The van der Waals surface area contributed by atoms with E-state index < -0.39 is 29.4 Å². The first-order chi connectivity index (χ1) is 8.99. The van der Waals surface area contributed by atoms with Crippen LogP contribution in [0.5, 0.6) is 5.75 Å². The van der Waals surface area contributed by atoms with Crippen LogP contribution < -0.4 is 10.4 Å². The van der Waals surface area contributed by atoms with Crippen LogP contribution in [-0.4, -0.2) is 28.3 Å². The highest BCUT2D eigenvalue weighted by Crippen LogP contribution is 2.17. The maximum absolute atomic E-state index is 11.5. The summed E-state index contributed by atoms with van der Waals surface area (Å²) in [4.78, 5) is 32.9. The van der Waals surface area contributed by atoms with Crippen LogP contribution in [0.2, 0.25) is 0 Å². The molecule has 1 aromatic carbocycles. The van der Waals surface area contributed by atoms with Crippen molar-refractivity contribution in [1.82, 2.24) is 0 Å². The van der Waals surface area contributed by atoms with E-state index in [0.29, 0.717) is 11.0 Å². The Morgan fingerprint density at radius 1 is 1.16 bits per heavy atom. The molecule has 0 unspecified atom stereocenters. The van der Waals surface area contributed by atoms with Gasteiger partial charge in [-0.05, 0) is 12.1 Å². The van der Waals surface area contributed by atoms with Gasteiger partial charge in [0.25, 0.3) is 6.10 Å². The Morgan fingerprint density at radius 3 is 2.42 bits per heavy atom. The normalized spacial score (nSPS) is 10.6. The van der Waals surface area contributed by atoms with Crippen molar-refractivity contribution in [1.29, 1.82) is 0 Å². The summed E-state index contributed by atoms with van der Waals surface area (Å²) in [5, 5.41) is 17.8. The van der Waals surface area contributed by atoms with Crippen molar-refractivity contribution in [3.63, 3.8) is 0 Å². The van der Waals surface area contributed by atoms with E-state index in [1.54, 1.807) is 24.3 Å².